The summed E-state index contributed by atoms with van der Waals surface area (Å²) in [6.07, 6.45) is 0.909. The molecule has 2 atom stereocenters. The highest BCUT2D eigenvalue weighted by Crippen LogP contribution is 2.30. The third-order valence-electron chi connectivity index (χ3n) is 3.52. The smallest absolute Gasteiger partial charge is 0.414 e. The van der Waals surface area contributed by atoms with E-state index < -0.39 is 0 Å². The van der Waals surface area contributed by atoms with Crippen LogP contribution < -0.4 is 9.62 Å². The van der Waals surface area contributed by atoms with Gasteiger partial charge >= 0.3 is 6.09 Å². The summed E-state index contributed by atoms with van der Waals surface area (Å²) in [7, 11) is 0. The van der Waals surface area contributed by atoms with Crippen LogP contribution in [-0.4, -0.2) is 31.0 Å². The molecule has 2 aliphatic rings. The summed E-state index contributed by atoms with van der Waals surface area (Å²) in [5.74, 6) is 1.57. The zero-order valence-electron chi connectivity index (χ0n) is 10.5. The van der Waals surface area contributed by atoms with E-state index in [-0.39, 0.29) is 24.5 Å². The van der Waals surface area contributed by atoms with Gasteiger partial charge in [0.25, 0.3) is 0 Å². The maximum atomic E-state index is 11.9. The maximum absolute atomic E-state index is 11.9. The average Bonchev–Trinajstić information content (AvgIpc) is 2.83. The van der Waals surface area contributed by atoms with Crippen LogP contribution in [0.25, 0.3) is 0 Å². The number of halogens is 1. The molecule has 2 heterocycles. The molecule has 0 saturated carbocycles. The lowest BCUT2D eigenvalue weighted by atomic mass is 9.96. The Kier molecular flexibility index (Phi) is 4.96. The second-order valence-corrected chi connectivity index (χ2v) is 5.58. The summed E-state index contributed by atoms with van der Waals surface area (Å²) in [4.78, 5) is 13.7. The van der Waals surface area contributed by atoms with Crippen molar-refractivity contribution in [1.29, 1.82) is 0 Å². The highest BCUT2D eigenvalue weighted by Gasteiger charge is 2.39. The Hall–Kier alpha value is -0.910. The molecular formula is C13H17ClN2O2S. The molecule has 0 radical (unpaired) electrons. The minimum absolute atomic E-state index is 0. The first-order valence-electron chi connectivity index (χ1n) is 6.22. The molecule has 0 bridgehead atoms. The van der Waals surface area contributed by atoms with Crippen molar-refractivity contribution in [2.45, 2.75) is 12.5 Å². The van der Waals surface area contributed by atoms with Crippen LogP contribution in [0.3, 0.4) is 0 Å². The number of amides is 1. The van der Waals surface area contributed by atoms with Gasteiger partial charge in [-0.25, -0.2) is 4.79 Å². The molecule has 104 valence electrons. The number of nitrogens with zero attached hydrogens (tertiary/aromatic N) is 1. The molecule has 0 spiro atoms. The number of benzene rings is 1. The molecule has 2 fully saturated rings. The predicted octanol–water partition coefficient (Wildman–Crippen LogP) is 2.69. The van der Waals surface area contributed by atoms with Crippen LogP contribution in [-0.2, 0) is 4.74 Å². The quantitative estimate of drug-likeness (QED) is 0.853. The second kappa shape index (κ2) is 6.50. The topological polar surface area (TPSA) is 41.6 Å². The fourth-order valence-electron chi connectivity index (χ4n) is 2.55. The monoisotopic (exact) mass is 300 g/mol. The van der Waals surface area contributed by atoms with Crippen molar-refractivity contribution in [3.63, 3.8) is 0 Å². The van der Waals surface area contributed by atoms with Gasteiger partial charge in [0, 0.05) is 18.0 Å². The Morgan fingerprint density at radius 1 is 1.32 bits per heavy atom. The predicted molar refractivity (Wildman–Crippen MR) is 79.9 cm³/mol. The normalized spacial score (nSPS) is 26.7. The first kappa shape index (κ1) is 14.5. The van der Waals surface area contributed by atoms with E-state index in [1.807, 2.05) is 35.2 Å². The molecule has 0 aromatic heterocycles. The number of carbonyl (C=O) groups is 1. The van der Waals surface area contributed by atoms with Crippen molar-refractivity contribution in [1.82, 2.24) is 4.72 Å². The SMILES string of the molecule is Cl.O=C1OCC(C2CCSNC2)N1c1ccccc1. The summed E-state index contributed by atoms with van der Waals surface area (Å²) in [5, 5.41) is 0. The largest absolute Gasteiger partial charge is 0.447 e. The number of para-hydroxylation sites is 1. The molecule has 6 heteroatoms. The zero-order valence-corrected chi connectivity index (χ0v) is 12.1. The Labute approximate surface area is 123 Å². The van der Waals surface area contributed by atoms with Crippen molar-refractivity contribution in [2.75, 3.05) is 23.8 Å². The Morgan fingerprint density at radius 3 is 2.79 bits per heavy atom. The molecule has 0 aliphatic carbocycles. The minimum atomic E-state index is -0.218. The van der Waals surface area contributed by atoms with Crippen LogP contribution in [0.15, 0.2) is 30.3 Å². The Morgan fingerprint density at radius 2 is 2.11 bits per heavy atom. The first-order valence-corrected chi connectivity index (χ1v) is 7.20. The molecule has 1 N–H and O–H groups in total. The van der Waals surface area contributed by atoms with E-state index in [4.69, 9.17) is 4.74 Å². The van der Waals surface area contributed by atoms with Gasteiger partial charge in [-0.1, -0.05) is 30.1 Å². The zero-order chi connectivity index (χ0) is 12.4. The van der Waals surface area contributed by atoms with E-state index in [1.54, 1.807) is 11.9 Å². The summed E-state index contributed by atoms with van der Waals surface area (Å²) in [5.41, 5.74) is 0.934. The summed E-state index contributed by atoms with van der Waals surface area (Å²) >= 11 is 1.76. The van der Waals surface area contributed by atoms with E-state index in [0.717, 1.165) is 24.4 Å². The number of anilines is 1. The number of carbonyl (C=O) groups excluding carboxylic acids is 1. The standard InChI is InChI=1S/C13H16N2O2S.ClH/c16-13-15(11-4-2-1-3-5-11)12(9-17-13)10-6-7-18-14-8-10;/h1-5,10,12,14H,6-9H2;1H. The molecule has 1 aromatic carbocycles. The highest BCUT2D eigenvalue weighted by molar-refractivity contribution is 7.97. The number of cyclic esters (lactones) is 1. The Balaban J connectivity index is 0.00000133. The van der Waals surface area contributed by atoms with Crippen LogP contribution >= 0.6 is 24.4 Å². The fraction of sp³-hybridized carbons (Fsp3) is 0.462. The van der Waals surface area contributed by atoms with E-state index in [1.165, 1.54) is 0 Å². The van der Waals surface area contributed by atoms with Gasteiger partial charge in [-0.2, -0.15) is 0 Å². The number of rotatable bonds is 2. The lowest BCUT2D eigenvalue weighted by Crippen LogP contribution is -2.44. The second-order valence-electron chi connectivity index (χ2n) is 4.60. The maximum Gasteiger partial charge on any atom is 0.414 e. The molecule has 2 aliphatic heterocycles. The van der Waals surface area contributed by atoms with Gasteiger partial charge in [0.2, 0.25) is 0 Å². The van der Waals surface area contributed by atoms with Crippen LogP contribution in [0, 0.1) is 5.92 Å². The molecule has 2 saturated heterocycles. The van der Waals surface area contributed by atoms with E-state index in [2.05, 4.69) is 4.72 Å². The van der Waals surface area contributed by atoms with Gasteiger partial charge in [0.15, 0.2) is 0 Å². The molecule has 1 amide bonds. The summed E-state index contributed by atoms with van der Waals surface area (Å²) in [6, 6.07) is 9.95. The molecule has 3 rings (SSSR count). The van der Waals surface area contributed by atoms with E-state index in [9.17, 15) is 4.79 Å². The average molecular weight is 301 g/mol. The summed E-state index contributed by atoms with van der Waals surface area (Å²) in [6.45, 7) is 1.44. The van der Waals surface area contributed by atoms with Crippen LogP contribution in [0.2, 0.25) is 0 Å². The van der Waals surface area contributed by atoms with E-state index >= 15 is 0 Å². The van der Waals surface area contributed by atoms with Crippen molar-refractivity contribution >= 4 is 36.1 Å². The third kappa shape index (κ3) is 2.99. The van der Waals surface area contributed by atoms with Crippen molar-refractivity contribution in [3.8, 4) is 0 Å². The molecule has 4 nitrogen and oxygen atoms in total. The highest BCUT2D eigenvalue weighted by atomic mass is 35.5. The number of nitrogens with one attached hydrogen (secondary N) is 1. The minimum Gasteiger partial charge on any atom is -0.447 e. The Bertz CT molecular complexity index is 426. The van der Waals surface area contributed by atoms with Gasteiger partial charge in [-0.3, -0.25) is 9.62 Å². The molecular weight excluding hydrogens is 284 g/mol. The number of hydrogen-bond donors (Lipinski definition) is 1. The van der Waals surface area contributed by atoms with Gasteiger partial charge < -0.3 is 4.74 Å². The lowest BCUT2D eigenvalue weighted by molar-refractivity contribution is 0.176. The fourth-order valence-corrected chi connectivity index (χ4v) is 3.44. The summed E-state index contributed by atoms with van der Waals surface area (Å²) < 4.78 is 8.56. The molecule has 1 aromatic rings. The van der Waals surface area contributed by atoms with Crippen molar-refractivity contribution < 1.29 is 9.53 Å². The number of ether oxygens (including phenoxy) is 1. The number of hydrogen-bond acceptors (Lipinski definition) is 4. The van der Waals surface area contributed by atoms with Crippen LogP contribution in [0.1, 0.15) is 6.42 Å². The van der Waals surface area contributed by atoms with Crippen molar-refractivity contribution in [3.05, 3.63) is 30.3 Å². The third-order valence-corrected chi connectivity index (χ3v) is 4.33. The molecule has 2 unspecified atom stereocenters. The van der Waals surface area contributed by atoms with Crippen molar-refractivity contribution in [2.24, 2.45) is 5.92 Å². The van der Waals surface area contributed by atoms with Crippen LogP contribution in [0.5, 0.6) is 0 Å². The van der Waals surface area contributed by atoms with Gasteiger partial charge in [-0.05, 0) is 24.5 Å². The van der Waals surface area contributed by atoms with Crippen LogP contribution in [0.4, 0.5) is 10.5 Å². The van der Waals surface area contributed by atoms with E-state index in [0.29, 0.717) is 12.5 Å². The van der Waals surface area contributed by atoms with Gasteiger partial charge in [-0.15, -0.1) is 12.4 Å². The first-order chi connectivity index (χ1) is 8.86. The van der Waals surface area contributed by atoms with Gasteiger partial charge in [0.1, 0.15) is 6.61 Å². The lowest BCUT2D eigenvalue weighted by Gasteiger charge is -2.31. The molecule has 19 heavy (non-hydrogen) atoms. The van der Waals surface area contributed by atoms with Gasteiger partial charge in [0.05, 0.1) is 6.04 Å².